The molecule has 0 aliphatic rings. The Morgan fingerprint density at radius 2 is 0.786 bits per heavy atom. The minimum atomic E-state index is -1.71. The molecule has 0 aromatic carbocycles. The molecule has 86 valence electrons. The van der Waals surface area contributed by atoms with Gasteiger partial charge in [0.15, 0.2) is 5.25 Å². The summed E-state index contributed by atoms with van der Waals surface area (Å²) in [5.41, 5.74) is 0. The number of rotatable bonds is 3. The van der Waals surface area contributed by atoms with Gasteiger partial charge in [-0.2, -0.15) is 0 Å². The van der Waals surface area contributed by atoms with Crippen LogP contribution in [0.25, 0.3) is 0 Å². The van der Waals surface area contributed by atoms with Crippen LogP contribution in [0.4, 0.5) is 0 Å². The summed E-state index contributed by atoms with van der Waals surface area (Å²) >= 11 is 27.1. The molecule has 0 unspecified atom stereocenters. The van der Waals surface area contributed by atoms with Gasteiger partial charge in [0.1, 0.15) is 0 Å². The van der Waals surface area contributed by atoms with E-state index < -0.39 is 19.7 Å². The van der Waals surface area contributed by atoms with Gasteiger partial charge in [-0.05, 0) is 0 Å². The van der Waals surface area contributed by atoms with E-state index in [2.05, 4.69) is 127 Å². The van der Waals surface area contributed by atoms with Crippen molar-refractivity contribution < 1.29 is 0 Å². The zero-order chi connectivity index (χ0) is 12.0. The fourth-order valence-corrected chi connectivity index (χ4v) is 236. The minimum Gasteiger partial charge on any atom is -0.130 e. The van der Waals surface area contributed by atoms with Gasteiger partial charge in [0.05, 0.1) is 7.59 Å². The molecule has 0 fully saturated rings. The quantitative estimate of drug-likeness (QED) is 0.243. The lowest BCUT2D eigenvalue weighted by atomic mass is 11.8. The van der Waals surface area contributed by atoms with Gasteiger partial charge in [-0.1, -0.05) is 111 Å². The number of hydrogen-bond acceptors (Lipinski definition) is 0. The van der Waals surface area contributed by atoms with Crippen LogP contribution in [0.5, 0.6) is 0 Å². The summed E-state index contributed by atoms with van der Waals surface area (Å²) in [5, 5.41) is -1.62. The van der Waals surface area contributed by atoms with Crippen molar-refractivity contribution in [1.82, 2.24) is 0 Å². The fourth-order valence-electron chi connectivity index (χ4n) is 1.01. The second kappa shape index (κ2) is 5.69. The van der Waals surface area contributed by atoms with Crippen molar-refractivity contribution in [2.75, 3.05) is 0 Å². The highest BCUT2D eigenvalue weighted by atomic mass is 80.0. The average Bonchev–Trinajstić information content (AvgIpc) is 1.77. The first kappa shape index (κ1) is 18.2. The number of hydrogen-bond donors (Lipinski definition) is 0. The monoisotopic (exact) mass is 709 g/mol. The SMILES string of the molecule is C[Si](C)(C)[Si](Br)([Si](Br)(Br)Br)[Si](Br)(Br)Br. The highest BCUT2D eigenvalue weighted by Gasteiger charge is 2.69. The standard InChI is InChI=1S/C3H9Br7Si4/c1-11(2,3)14(10,12(4,5)6)13(7,8)9/h1-3H3. The van der Waals surface area contributed by atoms with E-state index in [1.807, 2.05) is 0 Å². The molecule has 0 saturated heterocycles. The molecule has 0 aromatic rings. The van der Waals surface area contributed by atoms with Gasteiger partial charge in [-0.3, -0.25) is 0 Å². The predicted molar refractivity (Wildman–Crippen MR) is 103 cm³/mol. The normalized spacial score (nSPS) is 15.9. The Balaban J connectivity index is 5.54. The summed E-state index contributed by atoms with van der Waals surface area (Å²) in [6.45, 7) is 7.22. The van der Waals surface area contributed by atoms with Crippen molar-refractivity contribution in [3.8, 4) is 0 Å². The third-order valence-corrected chi connectivity index (χ3v) is 165. The molecule has 0 nitrogen and oxygen atoms in total. The molecule has 0 bridgehead atoms. The van der Waals surface area contributed by atoms with Crippen molar-refractivity contribution in [2.24, 2.45) is 0 Å². The van der Waals surface area contributed by atoms with Gasteiger partial charge in [0, 0.05) is 0 Å². The van der Waals surface area contributed by atoms with Crippen molar-refractivity contribution in [2.45, 2.75) is 19.6 Å². The van der Waals surface area contributed by atoms with E-state index in [1.54, 1.807) is 0 Å². The number of halogens is 7. The predicted octanol–water partition coefficient (Wildman–Crippen LogP) is 6.15. The summed E-state index contributed by atoms with van der Waals surface area (Å²) in [6.07, 6.45) is 0. The van der Waals surface area contributed by atoms with Crippen molar-refractivity contribution in [3.05, 3.63) is 0 Å². The van der Waals surface area contributed by atoms with Gasteiger partial charge in [-0.15, -0.1) is 15.3 Å². The molecule has 0 aliphatic heterocycles. The van der Waals surface area contributed by atoms with E-state index in [0.717, 1.165) is 0 Å². The summed E-state index contributed by atoms with van der Waals surface area (Å²) in [4.78, 5) is 0. The van der Waals surface area contributed by atoms with Crippen LogP contribution in [0.2, 0.25) is 19.6 Å². The molecule has 0 atom stereocenters. The lowest BCUT2D eigenvalue weighted by Gasteiger charge is -2.45. The van der Waals surface area contributed by atoms with Crippen LogP contribution in [-0.2, 0) is 0 Å². The van der Waals surface area contributed by atoms with Crippen LogP contribution < -0.4 is 0 Å². The molecule has 0 aliphatic carbocycles. The molecule has 0 rings (SSSR count). The highest BCUT2D eigenvalue weighted by molar-refractivity contribution is 9.84. The van der Waals surface area contributed by atoms with Crippen molar-refractivity contribution in [3.63, 3.8) is 0 Å². The van der Waals surface area contributed by atoms with Crippen LogP contribution in [0, 0.1) is 0 Å². The van der Waals surface area contributed by atoms with Gasteiger partial charge < -0.3 is 0 Å². The Bertz CT molecular complexity index is 174. The average molecular weight is 717 g/mol. The van der Waals surface area contributed by atoms with E-state index in [0.29, 0.717) is 0 Å². The Hall–Kier alpha value is 4.23. The van der Waals surface area contributed by atoms with E-state index in [1.165, 1.54) is 0 Å². The van der Waals surface area contributed by atoms with Crippen LogP contribution >= 0.6 is 107 Å². The Morgan fingerprint density at radius 3 is 0.786 bits per heavy atom. The molecule has 0 N–H and O–H groups in total. The zero-order valence-corrected chi connectivity index (χ0v) is 22.7. The molecule has 11 heteroatoms. The second-order valence-corrected chi connectivity index (χ2v) is 95.9. The molecular formula is C3H9Br7Si4. The third-order valence-electron chi connectivity index (χ3n) is 1.81. The summed E-state index contributed by atoms with van der Waals surface area (Å²) in [7, 11) is -1.28. The van der Waals surface area contributed by atoms with Crippen molar-refractivity contribution >= 4 is 127 Å². The Labute approximate surface area is 144 Å². The van der Waals surface area contributed by atoms with Gasteiger partial charge in [0.2, 0.25) is 0 Å². The van der Waals surface area contributed by atoms with Crippen molar-refractivity contribution in [1.29, 1.82) is 0 Å². The van der Waals surface area contributed by atoms with E-state index >= 15 is 0 Å². The maximum Gasteiger partial charge on any atom is 0.264 e. The fraction of sp³-hybridized carbons (Fsp3) is 1.00. The molecule has 0 amide bonds. The van der Waals surface area contributed by atoms with Gasteiger partial charge in [0.25, 0.3) is 6.90 Å². The van der Waals surface area contributed by atoms with Crippen LogP contribution in [-0.4, -0.2) is 19.7 Å². The molecule has 0 spiro atoms. The first-order valence-corrected chi connectivity index (χ1v) is 31.9. The van der Waals surface area contributed by atoms with E-state index in [9.17, 15) is 0 Å². The Morgan fingerprint density at radius 1 is 0.571 bits per heavy atom. The molecule has 0 radical (unpaired) electrons. The molecular weight excluding hydrogens is 708 g/mol. The van der Waals surface area contributed by atoms with E-state index in [4.69, 9.17) is 0 Å². The largest absolute Gasteiger partial charge is 0.264 e. The summed E-state index contributed by atoms with van der Waals surface area (Å²) in [5.74, 6) is 0. The van der Waals surface area contributed by atoms with Crippen LogP contribution in [0.1, 0.15) is 0 Å². The smallest absolute Gasteiger partial charge is 0.130 e. The second-order valence-electron chi connectivity index (χ2n) is 3.90. The summed E-state index contributed by atoms with van der Waals surface area (Å²) < 4.78 is -3.41. The summed E-state index contributed by atoms with van der Waals surface area (Å²) in [6, 6.07) is 0. The first-order chi connectivity index (χ1) is 5.75. The third kappa shape index (κ3) is 3.86. The minimum absolute atomic E-state index is 1.28. The highest BCUT2D eigenvalue weighted by Crippen LogP contribution is 2.55. The topological polar surface area (TPSA) is 0 Å². The lowest BCUT2D eigenvalue weighted by molar-refractivity contribution is 1.86. The van der Waals surface area contributed by atoms with Crippen LogP contribution in [0.15, 0.2) is 0 Å². The molecule has 0 heterocycles. The zero-order valence-electron chi connectivity index (χ0n) is 7.65. The first-order valence-electron chi connectivity index (χ1n) is 3.57. The van der Waals surface area contributed by atoms with Crippen LogP contribution in [0.3, 0.4) is 0 Å². The molecule has 14 heavy (non-hydrogen) atoms. The maximum atomic E-state index is 4.09. The lowest BCUT2D eigenvalue weighted by Crippen LogP contribution is -2.73. The van der Waals surface area contributed by atoms with Gasteiger partial charge >= 0.3 is 0 Å². The molecule has 0 aromatic heterocycles. The van der Waals surface area contributed by atoms with Gasteiger partial charge in [-0.25, -0.2) is 0 Å². The molecule has 0 saturated carbocycles. The maximum absolute atomic E-state index is 4.09. The Kier molecular flexibility index (Phi) is 7.41. The van der Waals surface area contributed by atoms with E-state index in [-0.39, 0.29) is 0 Å².